The van der Waals surface area contributed by atoms with Gasteiger partial charge in [-0.2, -0.15) is 0 Å². The third-order valence-corrected chi connectivity index (χ3v) is 7.55. The lowest BCUT2D eigenvalue weighted by atomic mass is 10.2. The summed E-state index contributed by atoms with van der Waals surface area (Å²) in [5.41, 5.74) is 4.39. The molecule has 5 rings (SSSR count). The van der Waals surface area contributed by atoms with E-state index in [2.05, 4.69) is 15.3 Å². The van der Waals surface area contributed by atoms with E-state index in [9.17, 15) is 9.18 Å². The van der Waals surface area contributed by atoms with Gasteiger partial charge >= 0.3 is 0 Å². The molecule has 0 radical (unpaired) electrons. The van der Waals surface area contributed by atoms with Crippen molar-refractivity contribution in [3.8, 4) is 27.6 Å². The third-order valence-electron chi connectivity index (χ3n) is 5.46. The summed E-state index contributed by atoms with van der Waals surface area (Å²) in [6.45, 7) is 2.39. The number of hydrogen-bond acceptors (Lipinski definition) is 6. The molecule has 9 heteroatoms. The zero-order chi connectivity index (χ0) is 23.7. The summed E-state index contributed by atoms with van der Waals surface area (Å²) >= 11 is 2.93. The number of carbonyl (C=O) groups is 1. The first-order valence-electron chi connectivity index (χ1n) is 10.6. The van der Waals surface area contributed by atoms with Gasteiger partial charge in [0, 0.05) is 41.4 Å². The molecule has 3 aromatic heterocycles. The van der Waals surface area contributed by atoms with Crippen molar-refractivity contribution in [2.45, 2.75) is 13.3 Å². The number of ether oxygens (including phenoxy) is 1. The quantitative estimate of drug-likeness (QED) is 0.320. The molecule has 0 unspecified atom stereocenters. The highest BCUT2D eigenvalue weighted by atomic mass is 32.1. The van der Waals surface area contributed by atoms with Crippen LogP contribution < -0.4 is 10.1 Å². The first-order chi connectivity index (χ1) is 16.5. The van der Waals surface area contributed by atoms with E-state index in [1.54, 1.807) is 30.6 Å². The Morgan fingerprint density at radius 1 is 1.09 bits per heavy atom. The lowest BCUT2D eigenvalue weighted by molar-refractivity contribution is 0.0957. The molecule has 0 aliphatic carbocycles. The van der Waals surface area contributed by atoms with Crippen LogP contribution in [0.5, 0.6) is 5.75 Å². The van der Waals surface area contributed by atoms with Crippen molar-refractivity contribution < 1.29 is 13.9 Å². The van der Waals surface area contributed by atoms with Crippen LogP contribution >= 0.6 is 22.7 Å². The number of fused-ring (bicyclic) bond motifs is 1. The largest absolute Gasteiger partial charge is 0.497 e. The van der Waals surface area contributed by atoms with Gasteiger partial charge in [-0.25, -0.2) is 14.4 Å². The van der Waals surface area contributed by atoms with Crippen LogP contribution in [0.2, 0.25) is 0 Å². The van der Waals surface area contributed by atoms with E-state index in [1.807, 2.05) is 47.2 Å². The minimum Gasteiger partial charge on any atom is -0.497 e. The van der Waals surface area contributed by atoms with Gasteiger partial charge in [-0.05, 0) is 55.5 Å². The number of benzene rings is 2. The number of rotatable bonds is 7. The van der Waals surface area contributed by atoms with Crippen molar-refractivity contribution in [2.24, 2.45) is 0 Å². The molecule has 0 aliphatic rings. The number of nitrogens with one attached hydrogen (secondary N) is 1. The average molecular weight is 493 g/mol. The van der Waals surface area contributed by atoms with Crippen molar-refractivity contribution in [2.75, 3.05) is 13.7 Å². The van der Waals surface area contributed by atoms with Gasteiger partial charge < -0.3 is 10.1 Å². The molecule has 34 heavy (non-hydrogen) atoms. The smallest absolute Gasteiger partial charge is 0.263 e. The molecular weight excluding hydrogens is 471 g/mol. The molecule has 1 amide bonds. The predicted molar refractivity (Wildman–Crippen MR) is 133 cm³/mol. The van der Waals surface area contributed by atoms with E-state index in [0.717, 1.165) is 43.9 Å². The number of nitrogens with zero attached hydrogens (tertiary/aromatic N) is 3. The summed E-state index contributed by atoms with van der Waals surface area (Å²) in [6.07, 6.45) is 2.52. The molecule has 0 saturated heterocycles. The molecule has 0 spiro atoms. The van der Waals surface area contributed by atoms with Crippen LogP contribution in [0.25, 0.3) is 26.8 Å². The Morgan fingerprint density at radius 2 is 1.82 bits per heavy atom. The van der Waals surface area contributed by atoms with E-state index < -0.39 is 0 Å². The lowest BCUT2D eigenvalue weighted by Gasteiger charge is -2.03. The van der Waals surface area contributed by atoms with Crippen molar-refractivity contribution in [1.82, 2.24) is 19.7 Å². The number of aryl methyl sites for hydroxylation is 1. The molecule has 6 nitrogen and oxygen atoms in total. The summed E-state index contributed by atoms with van der Waals surface area (Å²) in [7, 11) is 1.64. The SMILES string of the molecule is COc1ccc(-c2nc(CCNC(=O)c3sc4nc(-c5ccc(F)cc5)cn4c3C)cs2)cc1. The van der Waals surface area contributed by atoms with E-state index in [1.165, 1.54) is 23.5 Å². The molecule has 0 bridgehead atoms. The number of aromatic nitrogens is 3. The fraction of sp³-hybridized carbons (Fsp3) is 0.160. The van der Waals surface area contributed by atoms with Gasteiger partial charge in [0.25, 0.3) is 5.91 Å². The van der Waals surface area contributed by atoms with Crippen molar-refractivity contribution >= 4 is 33.5 Å². The van der Waals surface area contributed by atoms with Crippen molar-refractivity contribution in [1.29, 1.82) is 0 Å². The first-order valence-corrected chi connectivity index (χ1v) is 12.3. The number of methoxy groups -OCH3 is 1. The topological polar surface area (TPSA) is 68.5 Å². The van der Waals surface area contributed by atoms with Gasteiger partial charge in [0.05, 0.1) is 18.5 Å². The van der Waals surface area contributed by atoms with Crippen LogP contribution in [0.15, 0.2) is 60.1 Å². The number of thiazole rings is 2. The zero-order valence-corrected chi connectivity index (χ0v) is 20.2. The number of hydrogen-bond donors (Lipinski definition) is 1. The average Bonchev–Trinajstić information content (AvgIpc) is 3.56. The predicted octanol–water partition coefficient (Wildman–Crippen LogP) is 5.61. The fourth-order valence-electron chi connectivity index (χ4n) is 3.59. The molecule has 0 saturated carbocycles. The maximum atomic E-state index is 13.2. The number of carbonyl (C=O) groups excluding carboxylic acids is 1. The summed E-state index contributed by atoms with van der Waals surface area (Å²) in [5, 5.41) is 5.95. The molecule has 1 N–H and O–H groups in total. The molecule has 3 heterocycles. The van der Waals surface area contributed by atoms with Crippen molar-refractivity contribution in [3.63, 3.8) is 0 Å². The van der Waals surface area contributed by atoms with Gasteiger partial charge in [-0.3, -0.25) is 9.20 Å². The number of amides is 1. The van der Waals surface area contributed by atoms with Crippen LogP contribution in [0, 0.1) is 12.7 Å². The highest BCUT2D eigenvalue weighted by Crippen LogP contribution is 2.28. The highest BCUT2D eigenvalue weighted by Gasteiger charge is 2.18. The molecule has 0 atom stereocenters. The molecule has 0 fully saturated rings. The Kier molecular flexibility index (Phi) is 6.12. The normalized spacial score (nSPS) is 11.1. The van der Waals surface area contributed by atoms with Crippen LogP contribution in [0.4, 0.5) is 4.39 Å². The van der Waals surface area contributed by atoms with Gasteiger partial charge in [-0.1, -0.05) is 11.3 Å². The Balaban J connectivity index is 1.22. The minimum absolute atomic E-state index is 0.123. The number of halogens is 1. The molecule has 2 aromatic carbocycles. The maximum Gasteiger partial charge on any atom is 0.263 e. The second-order valence-electron chi connectivity index (χ2n) is 7.68. The number of imidazole rings is 1. The van der Waals surface area contributed by atoms with Crippen LogP contribution in [-0.4, -0.2) is 33.9 Å². The Bertz CT molecular complexity index is 1450. The molecule has 0 aliphatic heterocycles. The van der Waals surface area contributed by atoms with Crippen LogP contribution in [-0.2, 0) is 6.42 Å². The van der Waals surface area contributed by atoms with Gasteiger partial charge in [0.1, 0.15) is 21.5 Å². The van der Waals surface area contributed by atoms with Gasteiger partial charge in [-0.15, -0.1) is 11.3 Å². The van der Waals surface area contributed by atoms with E-state index >= 15 is 0 Å². The summed E-state index contributed by atoms with van der Waals surface area (Å²) in [5.74, 6) is 0.405. The lowest BCUT2D eigenvalue weighted by Crippen LogP contribution is -2.25. The monoisotopic (exact) mass is 492 g/mol. The third kappa shape index (κ3) is 4.44. The Morgan fingerprint density at radius 3 is 2.53 bits per heavy atom. The Labute approximate surface area is 203 Å². The van der Waals surface area contributed by atoms with Crippen LogP contribution in [0.1, 0.15) is 21.1 Å². The molecular formula is C25H21FN4O2S2. The zero-order valence-electron chi connectivity index (χ0n) is 18.5. The van der Waals surface area contributed by atoms with Gasteiger partial charge in [0.2, 0.25) is 0 Å². The summed E-state index contributed by atoms with van der Waals surface area (Å²) < 4.78 is 20.3. The minimum atomic E-state index is -0.283. The molecule has 172 valence electrons. The molecule has 5 aromatic rings. The van der Waals surface area contributed by atoms with E-state index in [-0.39, 0.29) is 11.7 Å². The second kappa shape index (κ2) is 9.36. The van der Waals surface area contributed by atoms with Crippen LogP contribution in [0.3, 0.4) is 0 Å². The Hall–Kier alpha value is -3.56. The maximum absolute atomic E-state index is 13.2. The van der Waals surface area contributed by atoms with Crippen molar-refractivity contribution in [3.05, 3.63) is 82.2 Å². The summed E-state index contributed by atoms with van der Waals surface area (Å²) in [6, 6.07) is 14.0. The van der Waals surface area contributed by atoms with E-state index in [4.69, 9.17) is 4.74 Å². The first kappa shape index (κ1) is 22.2. The summed E-state index contributed by atoms with van der Waals surface area (Å²) in [4.78, 5) is 23.4. The fourth-order valence-corrected chi connectivity index (χ4v) is 5.48. The van der Waals surface area contributed by atoms with E-state index in [0.29, 0.717) is 17.8 Å². The standard InChI is InChI=1S/C25H21FN4O2S2/c1-15-22(34-25-29-21(13-30(15)25)16-3-7-18(26)8-4-16)23(31)27-12-11-19-14-33-24(28-19)17-5-9-20(32-2)10-6-17/h3-10,13-14H,11-12H2,1-2H3,(H,27,31). The highest BCUT2D eigenvalue weighted by molar-refractivity contribution is 7.19. The second-order valence-corrected chi connectivity index (χ2v) is 9.52. The van der Waals surface area contributed by atoms with Gasteiger partial charge in [0.15, 0.2) is 4.96 Å².